The van der Waals surface area contributed by atoms with E-state index in [1.54, 1.807) is 0 Å². The van der Waals surface area contributed by atoms with Crippen LogP contribution in [0.2, 0.25) is 0 Å². The molecule has 2 N–H and O–H groups in total. The summed E-state index contributed by atoms with van der Waals surface area (Å²) in [6, 6.07) is 0.937. The molecule has 0 aromatic heterocycles. The fourth-order valence-corrected chi connectivity index (χ4v) is 2.92. The van der Waals surface area contributed by atoms with Gasteiger partial charge in [0.1, 0.15) is 0 Å². The molecule has 3 unspecified atom stereocenters. The third-order valence-corrected chi connectivity index (χ3v) is 4.03. The summed E-state index contributed by atoms with van der Waals surface area (Å²) in [4.78, 5) is 2.58. The molecule has 2 fully saturated rings. The second-order valence-corrected chi connectivity index (χ2v) is 5.32. The van der Waals surface area contributed by atoms with E-state index < -0.39 is 0 Å². The molecule has 0 radical (unpaired) electrons. The monoisotopic (exact) mass is 226 g/mol. The van der Waals surface area contributed by atoms with Gasteiger partial charge in [-0.25, -0.2) is 0 Å². The summed E-state index contributed by atoms with van der Waals surface area (Å²) in [5.41, 5.74) is 6.22. The predicted octanol–water partition coefficient (Wildman–Crippen LogP) is 1.76. The van der Waals surface area contributed by atoms with Crippen LogP contribution in [0.3, 0.4) is 0 Å². The minimum absolute atomic E-state index is 0.244. The Labute approximate surface area is 99.3 Å². The number of rotatable bonds is 5. The van der Waals surface area contributed by atoms with E-state index in [0.717, 1.165) is 19.6 Å². The first kappa shape index (κ1) is 12.3. The number of hydrogen-bond donors (Lipinski definition) is 1. The molecule has 2 heterocycles. The molecular weight excluding hydrogens is 200 g/mol. The van der Waals surface area contributed by atoms with Gasteiger partial charge in [-0.2, -0.15) is 0 Å². The minimum Gasteiger partial charge on any atom is -0.374 e. The Kier molecular flexibility index (Phi) is 4.62. The first-order valence-corrected chi connectivity index (χ1v) is 6.92. The van der Waals surface area contributed by atoms with Gasteiger partial charge >= 0.3 is 0 Å². The molecule has 0 spiro atoms. The number of unbranched alkanes of at least 4 members (excludes halogenated alkanes) is 2. The maximum atomic E-state index is 6.22. The highest BCUT2D eigenvalue weighted by Crippen LogP contribution is 2.24. The number of hydrogen-bond acceptors (Lipinski definition) is 3. The first-order valence-electron chi connectivity index (χ1n) is 6.92. The van der Waals surface area contributed by atoms with Gasteiger partial charge in [-0.15, -0.1) is 0 Å². The maximum Gasteiger partial charge on any atom is 0.0853 e. The van der Waals surface area contributed by atoms with E-state index in [0.29, 0.717) is 6.04 Å². The smallest absolute Gasteiger partial charge is 0.0853 e. The van der Waals surface area contributed by atoms with Crippen LogP contribution in [0.1, 0.15) is 45.4 Å². The van der Waals surface area contributed by atoms with Crippen LogP contribution >= 0.6 is 0 Å². The second kappa shape index (κ2) is 5.99. The van der Waals surface area contributed by atoms with Crippen LogP contribution in [-0.2, 0) is 4.74 Å². The fraction of sp³-hybridized carbons (Fsp3) is 1.00. The Morgan fingerprint density at radius 1 is 1.44 bits per heavy atom. The van der Waals surface area contributed by atoms with Crippen LogP contribution < -0.4 is 5.73 Å². The molecule has 3 heteroatoms. The van der Waals surface area contributed by atoms with Crippen molar-refractivity contribution in [2.75, 3.05) is 19.7 Å². The van der Waals surface area contributed by atoms with Crippen molar-refractivity contribution in [2.24, 2.45) is 5.73 Å². The van der Waals surface area contributed by atoms with Crippen molar-refractivity contribution in [3.05, 3.63) is 0 Å². The van der Waals surface area contributed by atoms with E-state index in [-0.39, 0.29) is 12.1 Å². The maximum absolute atomic E-state index is 6.22. The standard InChI is InChI=1S/C13H26N2O/c1-2-3-4-7-12(14)13-9-15-8-5-6-11(15)10-16-13/h11-13H,2-10,14H2,1H3. The first-order chi connectivity index (χ1) is 7.81. The van der Waals surface area contributed by atoms with Crippen LogP contribution in [-0.4, -0.2) is 42.8 Å². The van der Waals surface area contributed by atoms with Crippen molar-refractivity contribution >= 4 is 0 Å². The number of fused-ring (bicyclic) bond motifs is 1. The Bertz CT molecular complexity index is 210. The lowest BCUT2D eigenvalue weighted by Gasteiger charge is -2.37. The molecule has 3 atom stereocenters. The Morgan fingerprint density at radius 2 is 2.31 bits per heavy atom. The highest BCUT2D eigenvalue weighted by Gasteiger charge is 2.34. The molecule has 0 aromatic carbocycles. The lowest BCUT2D eigenvalue weighted by Crippen LogP contribution is -2.52. The lowest BCUT2D eigenvalue weighted by atomic mass is 10.0. The largest absolute Gasteiger partial charge is 0.374 e. The van der Waals surface area contributed by atoms with Gasteiger partial charge in [-0.05, 0) is 25.8 Å². The normalized spacial score (nSPS) is 32.6. The molecule has 0 amide bonds. The van der Waals surface area contributed by atoms with Crippen LogP contribution in [0.15, 0.2) is 0 Å². The third-order valence-electron chi connectivity index (χ3n) is 4.03. The summed E-state index contributed by atoms with van der Waals surface area (Å²) in [6.07, 6.45) is 7.88. The van der Waals surface area contributed by atoms with Crippen LogP contribution in [0.5, 0.6) is 0 Å². The molecule has 16 heavy (non-hydrogen) atoms. The number of nitrogens with zero attached hydrogens (tertiary/aromatic N) is 1. The predicted molar refractivity (Wildman–Crippen MR) is 66.5 cm³/mol. The van der Waals surface area contributed by atoms with Crippen molar-refractivity contribution in [1.29, 1.82) is 0 Å². The molecule has 0 aliphatic carbocycles. The molecule has 94 valence electrons. The van der Waals surface area contributed by atoms with Crippen LogP contribution in [0.25, 0.3) is 0 Å². The molecule has 0 bridgehead atoms. The molecule has 2 saturated heterocycles. The quantitative estimate of drug-likeness (QED) is 0.726. The van der Waals surface area contributed by atoms with E-state index in [1.807, 2.05) is 0 Å². The summed E-state index contributed by atoms with van der Waals surface area (Å²) >= 11 is 0. The van der Waals surface area contributed by atoms with Gasteiger partial charge in [-0.3, -0.25) is 4.90 Å². The second-order valence-electron chi connectivity index (χ2n) is 5.32. The van der Waals surface area contributed by atoms with Gasteiger partial charge in [0.15, 0.2) is 0 Å². The van der Waals surface area contributed by atoms with Crippen molar-refractivity contribution in [2.45, 2.75) is 63.6 Å². The van der Waals surface area contributed by atoms with Crippen LogP contribution in [0, 0.1) is 0 Å². The highest BCUT2D eigenvalue weighted by molar-refractivity contribution is 4.88. The van der Waals surface area contributed by atoms with Crippen molar-refractivity contribution in [1.82, 2.24) is 4.90 Å². The summed E-state index contributed by atoms with van der Waals surface area (Å²) in [5, 5.41) is 0. The highest BCUT2D eigenvalue weighted by atomic mass is 16.5. The van der Waals surface area contributed by atoms with Gasteiger partial charge in [0.2, 0.25) is 0 Å². The number of ether oxygens (including phenoxy) is 1. The molecule has 2 aliphatic heterocycles. The van der Waals surface area contributed by atoms with Gasteiger partial charge < -0.3 is 10.5 Å². The average Bonchev–Trinajstić information content (AvgIpc) is 2.76. The van der Waals surface area contributed by atoms with E-state index >= 15 is 0 Å². The number of morpholine rings is 1. The molecule has 2 rings (SSSR count). The zero-order valence-corrected chi connectivity index (χ0v) is 10.5. The van der Waals surface area contributed by atoms with Crippen LogP contribution in [0.4, 0.5) is 0 Å². The SMILES string of the molecule is CCCCCC(N)C1CN2CCCC2CO1. The number of nitrogens with two attached hydrogens (primary N) is 1. The summed E-state index contributed by atoms with van der Waals surface area (Å²) in [7, 11) is 0. The zero-order chi connectivity index (χ0) is 11.4. The summed E-state index contributed by atoms with van der Waals surface area (Å²) in [5.74, 6) is 0. The molecule has 3 nitrogen and oxygen atoms in total. The fourth-order valence-electron chi connectivity index (χ4n) is 2.92. The van der Waals surface area contributed by atoms with Gasteiger partial charge in [0.05, 0.1) is 12.7 Å². The summed E-state index contributed by atoms with van der Waals surface area (Å²) in [6.45, 7) is 5.47. The summed E-state index contributed by atoms with van der Waals surface area (Å²) < 4.78 is 5.92. The lowest BCUT2D eigenvalue weighted by molar-refractivity contribution is -0.0602. The molecule has 2 aliphatic rings. The van der Waals surface area contributed by atoms with E-state index in [9.17, 15) is 0 Å². The average molecular weight is 226 g/mol. The Hall–Kier alpha value is -0.120. The van der Waals surface area contributed by atoms with Gasteiger partial charge in [-0.1, -0.05) is 26.2 Å². The molecule has 0 saturated carbocycles. The van der Waals surface area contributed by atoms with Gasteiger partial charge in [0, 0.05) is 18.6 Å². The van der Waals surface area contributed by atoms with Crippen molar-refractivity contribution < 1.29 is 4.74 Å². The van der Waals surface area contributed by atoms with E-state index in [2.05, 4.69) is 11.8 Å². The Balaban J connectivity index is 1.72. The minimum atomic E-state index is 0.244. The molecule has 0 aromatic rings. The van der Waals surface area contributed by atoms with E-state index in [4.69, 9.17) is 10.5 Å². The van der Waals surface area contributed by atoms with Gasteiger partial charge in [0.25, 0.3) is 0 Å². The van der Waals surface area contributed by atoms with E-state index in [1.165, 1.54) is 38.6 Å². The Morgan fingerprint density at radius 3 is 3.12 bits per heavy atom. The van der Waals surface area contributed by atoms with Crippen molar-refractivity contribution in [3.8, 4) is 0 Å². The zero-order valence-electron chi connectivity index (χ0n) is 10.5. The third kappa shape index (κ3) is 2.96. The van der Waals surface area contributed by atoms with Crippen molar-refractivity contribution in [3.63, 3.8) is 0 Å². The molecular formula is C13H26N2O. The topological polar surface area (TPSA) is 38.5 Å².